The largest absolute Gasteiger partial charge is 0.496 e. The molecule has 0 radical (unpaired) electrons. The van der Waals surface area contributed by atoms with Crippen molar-refractivity contribution >= 4 is 29.2 Å². The molecule has 6 nitrogen and oxygen atoms in total. The monoisotopic (exact) mass is 384 g/mol. The van der Waals surface area contributed by atoms with Gasteiger partial charge in [0.05, 0.1) is 26.5 Å². The first kappa shape index (κ1) is 19.3. The molecule has 0 aliphatic carbocycles. The molecule has 0 atom stereocenters. The first-order valence-electron chi connectivity index (χ1n) is 8.87. The minimum absolute atomic E-state index is 0.444. The summed E-state index contributed by atoms with van der Waals surface area (Å²) in [7, 11) is 1.70. The molecule has 0 amide bonds. The topological polar surface area (TPSA) is 58.1 Å². The maximum Gasteiger partial charge on any atom is 0.191 e. The number of benzene rings is 2. The van der Waals surface area contributed by atoms with Gasteiger partial charge in [0.1, 0.15) is 5.75 Å². The number of thiocarbonyl (C=S) groups is 1. The second-order valence-corrected chi connectivity index (χ2v) is 6.56. The van der Waals surface area contributed by atoms with Gasteiger partial charge in [-0.05, 0) is 48.1 Å². The lowest BCUT2D eigenvalue weighted by Gasteiger charge is -2.27. The van der Waals surface area contributed by atoms with Crippen molar-refractivity contribution in [1.29, 1.82) is 0 Å². The number of hydrazone groups is 1. The van der Waals surface area contributed by atoms with E-state index in [4.69, 9.17) is 21.7 Å². The van der Waals surface area contributed by atoms with Gasteiger partial charge in [0.25, 0.3) is 0 Å². The Labute approximate surface area is 165 Å². The van der Waals surface area contributed by atoms with Crippen LogP contribution in [0.4, 0.5) is 5.69 Å². The molecule has 0 bridgehead atoms. The summed E-state index contributed by atoms with van der Waals surface area (Å²) in [6, 6.07) is 15.8. The zero-order valence-corrected chi connectivity index (χ0v) is 16.2. The SMILES string of the molecule is COc1ccc(/C=N/NC(=S)Nc2ccccc2)cc1CN1CCOCC1. The van der Waals surface area contributed by atoms with Gasteiger partial charge in [-0.15, -0.1) is 0 Å². The van der Waals surface area contributed by atoms with E-state index >= 15 is 0 Å². The smallest absolute Gasteiger partial charge is 0.191 e. The molecule has 7 heteroatoms. The van der Waals surface area contributed by atoms with Crippen LogP contribution >= 0.6 is 12.2 Å². The fourth-order valence-electron chi connectivity index (χ4n) is 2.85. The first-order valence-corrected chi connectivity index (χ1v) is 9.27. The van der Waals surface area contributed by atoms with Crippen LogP contribution in [0, 0.1) is 0 Å². The van der Waals surface area contributed by atoms with Gasteiger partial charge < -0.3 is 14.8 Å². The summed E-state index contributed by atoms with van der Waals surface area (Å²) < 4.78 is 10.9. The fourth-order valence-corrected chi connectivity index (χ4v) is 3.02. The van der Waals surface area contributed by atoms with Gasteiger partial charge in [-0.25, -0.2) is 0 Å². The third kappa shape index (κ3) is 6.02. The van der Waals surface area contributed by atoms with Crippen molar-refractivity contribution in [3.63, 3.8) is 0 Å². The third-order valence-electron chi connectivity index (χ3n) is 4.21. The van der Waals surface area contributed by atoms with E-state index in [2.05, 4.69) is 26.8 Å². The lowest BCUT2D eigenvalue weighted by Crippen LogP contribution is -2.35. The summed E-state index contributed by atoms with van der Waals surface area (Å²) in [5.41, 5.74) is 5.87. The molecule has 2 aromatic carbocycles. The average Bonchev–Trinajstić information content (AvgIpc) is 2.70. The molecule has 1 aliphatic rings. The number of para-hydroxylation sites is 1. The summed E-state index contributed by atoms with van der Waals surface area (Å²) in [5.74, 6) is 0.882. The van der Waals surface area contributed by atoms with Crippen LogP contribution in [0.15, 0.2) is 53.6 Å². The van der Waals surface area contributed by atoms with Crippen molar-refractivity contribution in [1.82, 2.24) is 10.3 Å². The normalized spacial score (nSPS) is 14.9. The van der Waals surface area contributed by atoms with Gasteiger partial charge in [-0.1, -0.05) is 18.2 Å². The zero-order chi connectivity index (χ0) is 18.9. The van der Waals surface area contributed by atoms with Gasteiger partial charge in [0.2, 0.25) is 0 Å². The Morgan fingerprint density at radius 3 is 2.74 bits per heavy atom. The van der Waals surface area contributed by atoms with Crippen molar-refractivity contribution in [2.24, 2.45) is 5.10 Å². The van der Waals surface area contributed by atoms with E-state index in [1.807, 2.05) is 42.5 Å². The second kappa shape index (κ2) is 10.0. The van der Waals surface area contributed by atoms with Crippen LogP contribution in [0.2, 0.25) is 0 Å². The number of morpholine rings is 1. The van der Waals surface area contributed by atoms with Crippen molar-refractivity contribution in [3.8, 4) is 5.75 Å². The number of methoxy groups -OCH3 is 1. The molecule has 0 saturated carbocycles. The fraction of sp³-hybridized carbons (Fsp3) is 0.300. The van der Waals surface area contributed by atoms with Crippen LogP contribution < -0.4 is 15.5 Å². The number of nitrogens with one attached hydrogen (secondary N) is 2. The molecular formula is C20H24N4O2S. The van der Waals surface area contributed by atoms with Crippen molar-refractivity contribution < 1.29 is 9.47 Å². The highest BCUT2D eigenvalue weighted by atomic mass is 32.1. The Kier molecular flexibility index (Phi) is 7.15. The van der Waals surface area contributed by atoms with E-state index in [0.717, 1.165) is 55.4 Å². The Hall–Kier alpha value is -2.48. The van der Waals surface area contributed by atoms with Crippen LogP contribution in [-0.4, -0.2) is 49.6 Å². The first-order chi connectivity index (χ1) is 13.2. The second-order valence-electron chi connectivity index (χ2n) is 6.15. The van der Waals surface area contributed by atoms with Gasteiger partial charge in [0, 0.05) is 30.9 Å². The predicted octanol–water partition coefficient (Wildman–Crippen LogP) is 2.85. The van der Waals surface area contributed by atoms with Gasteiger partial charge in [-0.3, -0.25) is 10.3 Å². The van der Waals surface area contributed by atoms with E-state index in [9.17, 15) is 0 Å². The quantitative estimate of drug-likeness (QED) is 0.454. The molecule has 0 unspecified atom stereocenters. The van der Waals surface area contributed by atoms with Crippen molar-refractivity contribution in [3.05, 3.63) is 59.7 Å². The number of rotatable bonds is 6. The Bertz CT molecular complexity index is 777. The van der Waals surface area contributed by atoms with Gasteiger partial charge >= 0.3 is 0 Å². The van der Waals surface area contributed by atoms with Crippen LogP contribution in [0.5, 0.6) is 5.75 Å². The summed E-state index contributed by atoms with van der Waals surface area (Å²) >= 11 is 5.25. The van der Waals surface area contributed by atoms with Crippen molar-refractivity contribution in [2.75, 3.05) is 38.7 Å². The minimum atomic E-state index is 0.444. The highest BCUT2D eigenvalue weighted by Crippen LogP contribution is 2.21. The van der Waals surface area contributed by atoms with E-state index in [-0.39, 0.29) is 0 Å². The summed E-state index contributed by atoms with van der Waals surface area (Å²) in [6.45, 7) is 4.25. The average molecular weight is 385 g/mol. The van der Waals surface area contributed by atoms with Crippen LogP contribution in [-0.2, 0) is 11.3 Å². The highest BCUT2D eigenvalue weighted by molar-refractivity contribution is 7.80. The third-order valence-corrected chi connectivity index (χ3v) is 4.41. The van der Waals surface area contributed by atoms with E-state index in [1.165, 1.54) is 0 Å². The number of anilines is 1. The molecule has 27 heavy (non-hydrogen) atoms. The summed E-state index contributed by atoms with van der Waals surface area (Å²) in [4.78, 5) is 2.36. The van der Waals surface area contributed by atoms with Gasteiger partial charge in [-0.2, -0.15) is 5.10 Å². The molecule has 1 fully saturated rings. The molecule has 1 heterocycles. The molecule has 1 aliphatic heterocycles. The Morgan fingerprint density at radius 2 is 2.00 bits per heavy atom. The molecule has 0 spiro atoms. The number of hydrogen-bond acceptors (Lipinski definition) is 5. The van der Waals surface area contributed by atoms with Crippen LogP contribution in [0.3, 0.4) is 0 Å². The van der Waals surface area contributed by atoms with Gasteiger partial charge in [0.15, 0.2) is 5.11 Å². The van der Waals surface area contributed by atoms with Crippen LogP contribution in [0.25, 0.3) is 0 Å². The number of nitrogens with zero attached hydrogens (tertiary/aromatic N) is 2. The summed E-state index contributed by atoms with van der Waals surface area (Å²) in [6.07, 6.45) is 1.75. The molecule has 3 rings (SSSR count). The molecule has 2 N–H and O–H groups in total. The Balaban J connectivity index is 1.59. The Morgan fingerprint density at radius 1 is 1.22 bits per heavy atom. The molecule has 1 saturated heterocycles. The molecule has 142 valence electrons. The maximum atomic E-state index is 5.50. The predicted molar refractivity (Wildman–Crippen MR) is 112 cm³/mol. The van der Waals surface area contributed by atoms with E-state index < -0.39 is 0 Å². The van der Waals surface area contributed by atoms with E-state index in [1.54, 1.807) is 13.3 Å². The minimum Gasteiger partial charge on any atom is -0.496 e. The number of ether oxygens (including phenoxy) is 2. The lowest BCUT2D eigenvalue weighted by atomic mass is 10.1. The molecular weight excluding hydrogens is 360 g/mol. The lowest BCUT2D eigenvalue weighted by molar-refractivity contribution is 0.0339. The maximum absolute atomic E-state index is 5.50. The van der Waals surface area contributed by atoms with Crippen molar-refractivity contribution in [2.45, 2.75) is 6.54 Å². The standard InChI is InChI=1S/C20H24N4O2S/c1-25-19-8-7-16(13-17(19)15-24-9-11-26-12-10-24)14-21-23-20(27)22-18-5-3-2-4-6-18/h2-8,13-14H,9-12,15H2,1H3,(H2,22,23,27)/b21-14+. The number of hydrogen-bond donors (Lipinski definition) is 2. The highest BCUT2D eigenvalue weighted by Gasteiger charge is 2.13. The van der Waals surface area contributed by atoms with Crippen LogP contribution in [0.1, 0.15) is 11.1 Å². The molecule has 0 aromatic heterocycles. The zero-order valence-electron chi connectivity index (χ0n) is 15.4. The molecule has 2 aromatic rings. The summed E-state index contributed by atoms with van der Waals surface area (Å²) in [5, 5.41) is 7.75. The van der Waals surface area contributed by atoms with E-state index in [0.29, 0.717) is 5.11 Å².